The van der Waals surface area contributed by atoms with Crippen molar-refractivity contribution >= 4 is 29.6 Å². The summed E-state index contributed by atoms with van der Waals surface area (Å²) in [5.74, 6) is 0. The minimum Gasteiger partial charge on any atom is 0 e. The van der Waals surface area contributed by atoms with Crippen molar-refractivity contribution in [2.75, 3.05) is 0 Å². The third-order valence-electron chi connectivity index (χ3n) is 0. The first-order valence-electron chi connectivity index (χ1n) is 0. The molecule has 0 N–H and O–H groups in total. The van der Waals surface area contributed by atoms with Crippen molar-refractivity contribution < 1.29 is 51.2 Å². The van der Waals surface area contributed by atoms with E-state index in [0.717, 1.165) is 0 Å². The topological polar surface area (TPSA) is 0 Å². The first kappa shape index (κ1) is 31.0. The summed E-state index contributed by atoms with van der Waals surface area (Å²) < 4.78 is 0. The monoisotopic (exact) mass is 190 g/mol. The number of rotatable bonds is 0. The van der Waals surface area contributed by atoms with Gasteiger partial charge in [0, 0.05) is 80.8 Å². The molecular formula is Fe2MnNa. The predicted molar refractivity (Wildman–Crippen MR) is 5.75 cm³/mol. The zero-order valence-corrected chi connectivity index (χ0v) is 7.47. The second-order valence-corrected chi connectivity index (χ2v) is 0. The molecule has 0 aliphatic heterocycles. The van der Waals surface area contributed by atoms with Gasteiger partial charge in [-0.1, -0.05) is 0 Å². The summed E-state index contributed by atoms with van der Waals surface area (Å²) in [6, 6.07) is 0. The Morgan fingerprint density at radius 2 is 0.750 bits per heavy atom. The molecule has 0 fully saturated rings. The molecule has 0 heterocycles. The van der Waals surface area contributed by atoms with Gasteiger partial charge in [-0.05, 0) is 0 Å². The summed E-state index contributed by atoms with van der Waals surface area (Å²) in [4.78, 5) is 0. The van der Waals surface area contributed by atoms with Crippen LogP contribution in [0.15, 0.2) is 0 Å². The zero-order valence-electron chi connectivity index (χ0n) is 2.09. The standard InChI is InChI=1S/2Fe.Mn.Na. The molecule has 0 aromatic rings. The van der Waals surface area contributed by atoms with Crippen LogP contribution in [0.25, 0.3) is 0 Å². The van der Waals surface area contributed by atoms with Crippen molar-refractivity contribution in [1.82, 2.24) is 0 Å². The van der Waals surface area contributed by atoms with Crippen LogP contribution in [0.2, 0.25) is 0 Å². The molecule has 0 saturated heterocycles. The summed E-state index contributed by atoms with van der Waals surface area (Å²) in [6.45, 7) is 0. The Kier molecular flexibility index (Phi) is 137. The molecule has 0 rings (SSSR count). The van der Waals surface area contributed by atoms with Gasteiger partial charge in [-0.2, -0.15) is 0 Å². The first-order chi connectivity index (χ1) is 0. The molecule has 0 spiro atoms. The van der Waals surface area contributed by atoms with Gasteiger partial charge in [0.1, 0.15) is 0 Å². The fourth-order valence-corrected chi connectivity index (χ4v) is 0. The molecule has 4 heteroatoms. The SMILES string of the molecule is [Fe].[Fe].[Mn].[Na]. The molecule has 0 nitrogen and oxygen atoms in total. The van der Waals surface area contributed by atoms with Crippen LogP contribution in [0.5, 0.6) is 0 Å². The number of hydrogen-bond acceptors (Lipinski definition) is 0. The molecular weight excluding hydrogens is 190 g/mol. The fourth-order valence-electron chi connectivity index (χ4n) is 0. The average molecular weight is 190 g/mol. The second kappa shape index (κ2) is 17.6. The van der Waals surface area contributed by atoms with E-state index in [2.05, 4.69) is 0 Å². The third kappa shape index (κ3) is 8.82. The summed E-state index contributed by atoms with van der Waals surface area (Å²) in [5.41, 5.74) is 0. The zero-order chi connectivity index (χ0) is 0. The quantitative estimate of drug-likeness (QED) is 0.456. The molecule has 0 amide bonds. The van der Waals surface area contributed by atoms with Gasteiger partial charge in [0.15, 0.2) is 0 Å². The maximum Gasteiger partial charge on any atom is 0 e. The van der Waals surface area contributed by atoms with E-state index in [9.17, 15) is 0 Å². The predicted octanol–water partition coefficient (Wildman–Crippen LogP) is -0.388. The van der Waals surface area contributed by atoms with Crippen molar-refractivity contribution in [1.29, 1.82) is 0 Å². The Hall–Kier alpha value is 2.56. The summed E-state index contributed by atoms with van der Waals surface area (Å²) in [7, 11) is 0. The van der Waals surface area contributed by atoms with Crippen LogP contribution in [0.3, 0.4) is 0 Å². The summed E-state index contributed by atoms with van der Waals surface area (Å²) >= 11 is 0. The van der Waals surface area contributed by atoms with Gasteiger partial charge in [0.05, 0.1) is 0 Å². The third-order valence-corrected chi connectivity index (χ3v) is 0. The van der Waals surface area contributed by atoms with E-state index in [4.69, 9.17) is 0 Å². The van der Waals surface area contributed by atoms with Crippen LogP contribution in [0, 0.1) is 0 Å². The van der Waals surface area contributed by atoms with E-state index in [0.29, 0.717) is 0 Å². The van der Waals surface area contributed by atoms with Crippen LogP contribution in [-0.2, 0) is 51.2 Å². The van der Waals surface area contributed by atoms with Gasteiger partial charge >= 0.3 is 0 Å². The van der Waals surface area contributed by atoms with Crippen LogP contribution in [0.1, 0.15) is 0 Å². The fraction of sp³-hybridized carbons (Fsp3) is 0. The van der Waals surface area contributed by atoms with Crippen LogP contribution in [-0.4, -0.2) is 29.6 Å². The van der Waals surface area contributed by atoms with Gasteiger partial charge in [0.25, 0.3) is 0 Å². The van der Waals surface area contributed by atoms with Gasteiger partial charge < -0.3 is 0 Å². The normalized spacial score (nSPS) is 0. The van der Waals surface area contributed by atoms with E-state index >= 15 is 0 Å². The van der Waals surface area contributed by atoms with Gasteiger partial charge in [-0.3, -0.25) is 0 Å². The second-order valence-electron chi connectivity index (χ2n) is 0. The number of hydrogen-bond donors (Lipinski definition) is 0. The Bertz CT molecular complexity index is 6.00. The molecule has 24 valence electrons. The van der Waals surface area contributed by atoms with Gasteiger partial charge in [-0.25, -0.2) is 0 Å². The Morgan fingerprint density at radius 1 is 0.750 bits per heavy atom. The molecule has 0 bridgehead atoms. The molecule has 2 radical (unpaired) electrons. The average Bonchev–Trinajstić information content (AvgIpc) is 0. The van der Waals surface area contributed by atoms with Crippen LogP contribution in [0.4, 0.5) is 0 Å². The summed E-state index contributed by atoms with van der Waals surface area (Å²) in [5, 5.41) is 0. The Labute approximate surface area is 79.6 Å². The molecule has 0 aromatic carbocycles. The largest absolute Gasteiger partial charge is 0 e. The molecule has 0 aliphatic carbocycles. The minimum atomic E-state index is 0. The van der Waals surface area contributed by atoms with Crippen molar-refractivity contribution in [3.05, 3.63) is 0 Å². The molecule has 4 heavy (non-hydrogen) atoms. The summed E-state index contributed by atoms with van der Waals surface area (Å²) in [6.07, 6.45) is 0. The molecule has 0 atom stereocenters. The van der Waals surface area contributed by atoms with E-state index in [-0.39, 0.29) is 80.8 Å². The molecule has 0 unspecified atom stereocenters. The first-order valence-corrected chi connectivity index (χ1v) is 0. The van der Waals surface area contributed by atoms with Crippen LogP contribution >= 0.6 is 0 Å². The van der Waals surface area contributed by atoms with Crippen LogP contribution < -0.4 is 0 Å². The van der Waals surface area contributed by atoms with Crippen molar-refractivity contribution in [2.45, 2.75) is 0 Å². The van der Waals surface area contributed by atoms with E-state index in [1.54, 1.807) is 0 Å². The Balaban J connectivity index is 0. The maximum absolute atomic E-state index is 0. The Morgan fingerprint density at radius 3 is 0.750 bits per heavy atom. The van der Waals surface area contributed by atoms with E-state index in [1.807, 2.05) is 0 Å². The molecule has 0 aliphatic rings. The molecule has 0 aromatic heterocycles. The van der Waals surface area contributed by atoms with E-state index < -0.39 is 0 Å². The van der Waals surface area contributed by atoms with Crippen molar-refractivity contribution in [2.24, 2.45) is 0 Å². The van der Waals surface area contributed by atoms with Gasteiger partial charge in [-0.15, -0.1) is 0 Å². The van der Waals surface area contributed by atoms with Crippen molar-refractivity contribution in [3.63, 3.8) is 0 Å². The minimum absolute atomic E-state index is 0. The van der Waals surface area contributed by atoms with Crippen molar-refractivity contribution in [3.8, 4) is 0 Å². The maximum atomic E-state index is 0. The smallest absolute Gasteiger partial charge is 0 e. The molecule has 0 saturated carbocycles. The van der Waals surface area contributed by atoms with Gasteiger partial charge in [0.2, 0.25) is 0 Å². The van der Waals surface area contributed by atoms with E-state index in [1.165, 1.54) is 0 Å².